The first kappa shape index (κ1) is 7.70. The van der Waals surface area contributed by atoms with Gasteiger partial charge in [0.25, 0.3) is 0 Å². The van der Waals surface area contributed by atoms with Crippen molar-refractivity contribution in [1.82, 2.24) is 20.2 Å². The molecule has 0 atom stereocenters. The van der Waals surface area contributed by atoms with E-state index in [9.17, 15) is 13.6 Å². The second-order valence-corrected chi connectivity index (χ2v) is 1.67. The van der Waals surface area contributed by atoms with E-state index >= 15 is 0 Å². The predicted octanol–water partition coefficient (Wildman–Crippen LogP) is -0.190. The van der Waals surface area contributed by atoms with Crippen LogP contribution in [0.15, 0.2) is 0 Å². The van der Waals surface area contributed by atoms with Crippen molar-refractivity contribution in [1.29, 1.82) is 0 Å². The van der Waals surface area contributed by atoms with Crippen LogP contribution in [0.3, 0.4) is 0 Å². The van der Waals surface area contributed by atoms with Gasteiger partial charge in [-0.05, 0) is 5.21 Å². The Balaban J connectivity index is 2.73. The molecule has 0 N–H and O–H groups in total. The Kier molecular flexibility index (Phi) is 2.19. The molecule has 0 spiro atoms. The highest BCUT2D eigenvalue weighted by Gasteiger charge is 2.13. The average Bonchev–Trinajstić information content (AvgIpc) is 2.37. The number of alkyl halides is 2. The molecule has 0 aliphatic carbocycles. The first-order valence-electron chi connectivity index (χ1n) is 2.73. The van der Waals surface area contributed by atoms with Crippen molar-refractivity contribution >= 4 is 6.29 Å². The van der Waals surface area contributed by atoms with Crippen molar-refractivity contribution in [3.63, 3.8) is 0 Å². The molecule has 0 saturated carbocycles. The number of aromatic nitrogens is 4. The van der Waals surface area contributed by atoms with E-state index in [4.69, 9.17) is 0 Å². The summed E-state index contributed by atoms with van der Waals surface area (Å²) < 4.78 is 23.5. The maximum Gasteiger partial charge on any atom is 0.301 e. The van der Waals surface area contributed by atoms with Crippen LogP contribution in [0.5, 0.6) is 0 Å². The molecule has 1 aromatic rings. The lowest BCUT2D eigenvalue weighted by Crippen LogP contribution is -2.03. The molecule has 0 radical (unpaired) electrons. The van der Waals surface area contributed by atoms with Crippen LogP contribution < -0.4 is 0 Å². The van der Waals surface area contributed by atoms with Gasteiger partial charge in [-0.15, -0.1) is 10.2 Å². The Labute approximate surface area is 60.0 Å². The van der Waals surface area contributed by atoms with Crippen molar-refractivity contribution in [2.24, 2.45) is 0 Å². The first-order chi connectivity index (χ1) is 5.24. The minimum absolute atomic E-state index is 0.153. The summed E-state index contributed by atoms with van der Waals surface area (Å²) in [5, 5.41) is 9.41. The minimum Gasteiger partial charge on any atom is -0.301 e. The second-order valence-electron chi connectivity index (χ2n) is 1.67. The molecule has 11 heavy (non-hydrogen) atoms. The molecule has 0 bridgehead atoms. The van der Waals surface area contributed by atoms with E-state index in [1.807, 2.05) is 0 Å². The molecule has 0 aliphatic heterocycles. The van der Waals surface area contributed by atoms with Crippen LogP contribution in [-0.4, -0.2) is 26.5 Å². The number of hydrogen-bond acceptors (Lipinski definition) is 4. The summed E-state index contributed by atoms with van der Waals surface area (Å²) in [6, 6.07) is 0. The predicted molar refractivity (Wildman–Crippen MR) is 28.8 cm³/mol. The Bertz CT molecular complexity index is 248. The maximum absolute atomic E-state index is 11.8. The smallest absolute Gasteiger partial charge is 0.301 e. The standard InChI is InChI=1S/C4H4F2N4O/c5-3(6)4-7-9-10(8-4)1-2-11/h2-3H,1H2. The van der Waals surface area contributed by atoms with Gasteiger partial charge >= 0.3 is 6.43 Å². The molecule has 0 unspecified atom stereocenters. The molecule has 0 aliphatic rings. The number of carbonyl (C=O) groups excluding carboxylic acids is 1. The molecule has 1 rings (SSSR count). The van der Waals surface area contributed by atoms with Gasteiger partial charge in [0.1, 0.15) is 12.8 Å². The molecular weight excluding hydrogens is 158 g/mol. The zero-order valence-electron chi connectivity index (χ0n) is 5.31. The average molecular weight is 162 g/mol. The van der Waals surface area contributed by atoms with Gasteiger partial charge in [-0.25, -0.2) is 8.78 Å². The van der Waals surface area contributed by atoms with E-state index in [2.05, 4.69) is 15.4 Å². The van der Waals surface area contributed by atoms with Crippen LogP contribution in [0.2, 0.25) is 0 Å². The fourth-order valence-corrected chi connectivity index (χ4v) is 0.487. The quantitative estimate of drug-likeness (QED) is 0.578. The fourth-order valence-electron chi connectivity index (χ4n) is 0.487. The van der Waals surface area contributed by atoms with Gasteiger partial charge in [0.2, 0.25) is 5.82 Å². The van der Waals surface area contributed by atoms with E-state index in [1.165, 1.54) is 0 Å². The van der Waals surface area contributed by atoms with Crippen molar-refractivity contribution in [3.8, 4) is 0 Å². The topological polar surface area (TPSA) is 60.7 Å². The molecule has 60 valence electrons. The Morgan fingerprint density at radius 2 is 2.36 bits per heavy atom. The van der Waals surface area contributed by atoms with Gasteiger partial charge in [-0.3, -0.25) is 0 Å². The van der Waals surface area contributed by atoms with Crippen molar-refractivity contribution in [2.45, 2.75) is 13.0 Å². The van der Waals surface area contributed by atoms with E-state index in [-0.39, 0.29) is 6.54 Å². The van der Waals surface area contributed by atoms with E-state index in [0.29, 0.717) is 6.29 Å². The number of hydrogen-bond donors (Lipinski definition) is 0. The second kappa shape index (κ2) is 3.13. The summed E-state index contributed by atoms with van der Waals surface area (Å²) in [5.74, 6) is -0.660. The van der Waals surface area contributed by atoms with Crippen molar-refractivity contribution in [2.75, 3.05) is 0 Å². The summed E-state index contributed by atoms with van der Waals surface area (Å²) in [6.45, 7) is -0.153. The number of halogens is 2. The fraction of sp³-hybridized carbons (Fsp3) is 0.500. The lowest BCUT2D eigenvalue weighted by molar-refractivity contribution is -0.108. The minimum atomic E-state index is -2.74. The third-order valence-corrected chi connectivity index (χ3v) is 0.901. The Morgan fingerprint density at radius 1 is 1.64 bits per heavy atom. The van der Waals surface area contributed by atoms with Gasteiger partial charge in [0.05, 0.1) is 0 Å². The summed E-state index contributed by atoms with van der Waals surface area (Å²) in [4.78, 5) is 10.6. The molecule has 1 heterocycles. The Morgan fingerprint density at radius 3 is 2.82 bits per heavy atom. The molecule has 7 heteroatoms. The maximum atomic E-state index is 11.8. The van der Waals surface area contributed by atoms with Crippen LogP contribution in [0.25, 0.3) is 0 Å². The highest BCUT2D eigenvalue weighted by atomic mass is 19.3. The molecule has 0 aromatic carbocycles. The number of tetrazole rings is 1. The van der Waals surface area contributed by atoms with E-state index in [1.54, 1.807) is 0 Å². The van der Waals surface area contributed by atoms with Gasteiger partial charge in [0.15, 0.2) is 0 Å². The van der Waals surface area contributed by atoms with E-state index in [0.717, 1.165) is 4.80 Å². The Hall–Kier alpha value is -1.40. The molecule has 0 fully saturated rings. The third-order valence-electron chi connectivity index (χ3n) is 0.901. The summed E-state index contributed by atoms with van der Waals surface area (Å²) in [5.41, 5.74) is 0. The summed E-state index contributed by atoms with van der Waals surface area (Å²) in [7, 11) is 0. The third kappa shape index (κ3) is 1.76. The number of rotatable bonds is 3. The van der Waals surface area contributed by atoms with Crippen molar-refractivity contribution in [3.05, 3.63) is 5.82 Å². The van der Waals surface area contributed by atoms with Gasteiger partial charge in [0, 0.05) is 0 Å². The SMILES string of the molecule is O=CCn1nnc(C(F)F)n1. The van der Waals surface area contributed by atoms with Crippen LogP contribution >= 0.6 is 0 Å². The lowest BCUT2D eigenvalue weighted by Gasteiger charge is -1.86. The highest BCUT2D eigenvalue weighted by molar-refractivity contribution is 5.48. The van der Waals surface area contributed by atoms with Gasteiger partial charge in [-0.1, -0.05) is 0 Å². The zero-order chi connectivity index (χ0) is 8.27. The van der Waals surface area contributed by atoms with Gasteiger partial charge < -0.3 is 4.79 Å². The normalized spacial score (nSPS) is 10.5. The number of aldehydes is 1. The first-order valence-corrected chi connectivity index (χ1v) is 2.73. The zero-order valence-corrected chi connectivity index (χ0v) is 5.31. The van der Waals surface area contributed by atoms with Crippen molar-refractivity contribution < 1.29 is 13.6 Å². The summed E-state index contributed by atoms with van der Waals surface area (Å²) in [6.07, 6.45) is -2.24. The molecule has 0 amide bonds. The van der Waals surface area contributed by atoms with Crippen LogP contribution in [-0.2, 0) is 11.3 Å². The highest BCUT2D eigenvalue weighted by Crippen LogP contribution is 2.10. The summed E-state index contributed by atoms with van der Waals surface area (Å²) >= 11 is 0. The molecular formula is C4H4F2N4O. The van der Waals surface area contributed by atoms with Crippen LogP contribution in [0.1, 0.15) is 12.2 Å². The lowest BCUT2D eigenvalue weighted by atomic mass is 10.7. The molecule has 5 nitrogen and oxygen atoms in total. The van der Waals surface area contributed by atoms with E-state index < -0.39 is 12.2 Å². The number of carbonyl (C=O) groups is 1. The molecule has 1 aromatic heterocycles. The monoisotopic (exact) mass is 162 g/mol. The van der Waals surface area contributed by atoms with Gasteiger partial charge in [-0.2, -0.15) is 4.80 Å². The van der Waals surface area contributed by atoms with Crippen LogP contribution in [0.4, 0.5) is 8.78 Å². The largest absolute Gasteiger partial charge is 0.301 e. The number of nitrogens with zero attached hydrogens (tertiary/aromatic N) is 4. The van der Waals surface area contributed by atoms with Crippen LogP contribution in [0, 0.1) is 0 Å². The molecule has 0 saturated heterocycles.